The van der Waals surface area contributed by atoms with Gasteiger partial charge in [0.15, 0.2) is 0 Å². The molecule has 1 heterocycles. The summed E-state index contributed by atoms with van der Waals surface area (Å²) in [5, 5.41) is 0. The number of hydrogen-bond donors (Lipinski definition) is 0. The molecule has 1 saturated heterocycles. The van der Waals surface area contributed by atoms with Crippen LogP contribution in [0.15, 0.2) is 72.9 Å². The Labute approximate surface area is 248 Å². The van der Waals surface area contributed by atoms with E-state index in [-0.39, 0.29) is 17.9 Å². The minimum Gasteiger partial charge on any atom is -0.496 e. The third kappa shape index (κ3) is 8.50. The normalized spacial score (nSPS) is 15.8. The zero-order valence-electron chi connectivity index (χ0n) is 25.3. The Morgan fingerprint density at radius 3 is 1.62 bits per heavy atom. The van der Waals surface area contributed by atoms with Crippen LogP contribution in [-0.2, 0) is 9.59 Å². The van der Waals surface area contributed by atoms with Crippen LogP contribution in [0.2, 0.25) is 0 Å². The molecule has 0 aliphatic carbocycles. The second kappa shape index (κ2) is 16.1. The van der Waals surface area contributed by atoms with Crippen molar-refractivity contribution in [3.63, 3.8) is 0 Å². The van der Waals surface area contributed by atoms with E-state index < -0.39 is 0 Å². The lowest BCUT2D eigenvalue weighted by atomic mass is 10.1. The molecule has 224 valence electrons. The maximum absolute atomic E-state index is 13.2. The number of carbonyl (C=O) groups excluding carboxylic acids is 2. The van der Waals surface area contributed by atoms with Crippen molar-refractivity contribution in [2.24, 2.45) is 0 Å². The van der Waals surface area contributed by atoms with Crippen molar-refractivity contribution in [2.75, 3.05) is 68.7 Å². The predicted octanol–water partition coefficient (Wildman–Crippen LogP) is 4.16. The third-order valence-corrected chi connectivity index (χ3v) is 6.81. The van der Waals surface area contributed by atoms with Crippen LogP contribution in [0.4, 0.5) is 0 Å². The molecule has 2 amide bonds. The van der Waals surface area contributed by atoms with Gasteiger partial charge in [0.05, 0.1) is 45.6 Å². The van der Waals surface area contributed by atoms with E-state index in [4.69, 9.17) is 18.9 Å². The number of ether oxygens (including phenoxy) is 4. The van der Waals surface area contributed by atoms with Crippen LogP contribution in [0.1, 0.15) is 11.1 Å². The standard InChI is InChI=1S/C33H41N3O6/c1-34(2)23-25-24-35(32(37)19-9-7-13-26-28(39-3)15-11-16-29(26)40-4)21-22-36(25)33(38)20-10-8-14-27-30(41-5)17-12-18-31(27)42-6/h7-20,25H,21-24H2,1-6H3. The van der Waals surface area contributed by atoms with Gasteiger partial charge in [0.25, 0.3) is 0 Å². The van der Waals surface area contributed by atoms with Crippen molar-refractivity contribution in [2.45, 2.75) is 6.04 Å². The van der Waals surface area contributed by atoms with Gasteiger partial charge in [0.1, 0.15) is 23.0 Å². The topological polar surface area (TPSA) is 80.8 Å². The number of amides is 2. The van der Waals surface area contributed by atoms with Crippen molar-refractivity contribution in [1.82, 2.24) is 14.7 Å². The van der Waals surface area contributed by atoms with Gasteiger partial charge >= 0.3 is 0 Å². The third-order valence-electron chi connectivity index (χ3n) is 6.81. The molecule has 1 aliphatic heterocycles. The molecule has 0 aromatic heterocycles. The molecule has 0 radical (unpaired) electrons. The van der Waals surface area contributed by atoms with Gasteiger partial charge in [0.2, 0.25) is 11.8 Å². The molecule has 2 aromatic rings. The highest BCUT2D eigenvalue weighted by atomic mass is 16.5. The first-order chi connectivity index (χ1) is 20.3. The molecule has 1 atom stereocenters. The molecule has 2 aromatic carbocycles. The minimum absolute atomic E-state index is 0.102. The molecule has 0 spiro atoms. The zero-order chi connectivity index (χ0) is 30.5. The van der Waals surface area contributed by atoms with Crippen LogP contribution in [-0.4, -0.2) is 101 Å². The number of nitrogens with zero attached hydrogens (tertiary/aromatic N) is 3. The predicted molar refractivity (Wildman–Crippen MR) is 166 cm³/mol. The number of likely N-dealkylation sites (N-methyl/N-ethyl adjacent to an activating group) is 1. The Kier molecular flexibility index (Phi) is 12.3. The van der Waals surface area contributed by atoms with Crippen molar-refractivity contribution in [1.29, 1.82) is 0 Å². The second-order valence-corrected chi connectivity index (χ2v) is 9.82. The number of carbonyl (C=O) groups is 2. The summed E-state index contributed by atoms with van der Waals surface area (Å²) in [6, 6.07) is 11.0. The average Bonchev–Trinajstić information content (AvgIpc) is 3.00. The summed E-state index contributed by atoms with van der Waals surface area (Å²) in [5.74, 6) is 2.52. The van der Waals surface area contributed by atoms with Gasteiger partial charge in [-0.25, -0.2) is 0 Å². The lowest BCUT2D eigenvalue weighted by molar-refractivity contribution is -0.137. The van der Waals surface area contributed by atoms with E-state index in [1.54, 1.807) is 69.8 Å². The molecule has 9 heteroatoms. The summed E-state index contributed by atoms with van der Waals surface area (Å²) >= 11 is 0. The minimum atomic E-state index is -0.144. The molecular formula is C33H41N3O6. The van der Waals surface area contributed by atoms with Crippen molar-refractivity contribution < 1.29 is 28.5 Å². The fourth-order valence-corrected chi connectivity index (χ4v) is 4.79. The number of piperazine rings is 1. The average molecular weight is 576 g/mol. The molecule has 0 saturated carbocycles. The van der Waals surface area contributed by atoms with Gasteiger partial charge < -0.3 is 33.6 Å². The van der Waals surface area contributed by atoms with E-state index >= 15 is 0 Å². The molecule has 0 bridgehead atoms. The molecule has 9 nitrogen and oxygen atoms in total. The number of hydrogen-bond acceptors (Lipinski definition) is 7. The van der Waals surface area contributed by atoms with Crippen LogP contribution in [0.3, 0.4) is 0 Å². The first kappa shape index (κ1) is 32.0. The number of benzene rings is 2. The highest BCUT2D eigenvalue weighted by molar-refractivity contribution is 5.90. The quantitative estimate of drug-likeness (QED) is 0.278. The first-order valence-electron chi connectivity index (χ1n) is 13.7. The molecule has 0 N–H and O–H groups in total. The lowest BCUT2D eigenvalue weighted by Gasteiger charge is -2.41. The van der Waals surface area contributed by atoms with Gasteiger partial charge in [-0.3, -0.25) is 9.59 Å². The van der Waals surface area contributed by atoms with Crippen molar-refractivity contribution >= 4 is 24.0 Å². The van der Waals surface area contributed by atoms with Crippen molar-refractivity contribution in [3.8, 4) is 23.0 Å². The van der Waals surface area contributed by atoms with Crippen LogP contribution in [0.5, 0.6) is 23.0 Å². The first-order valence-corrected chi connectivity index (χ1v) is 13.7. The van der Waals surface area contributed by atoms with E-state index in [2.05, 4.69) is 0 Å². The summed E-state index contributed by atoms with van der Waals surface area (Å²) < 4.78 is 21.7. The van der Waals surface area contributed by atoms with Crippen LogP contribution >= 0.6 is 0 Å². The monoisotopic (exact) mass is 575 g/mol. The molecule has 1 unspecified atom stereocenters. The molecule has 1 fully saturated rings. The van der Waals surface area contributed by atoms with Gasteiger partial charge in [-0.05, 0) is 50.5 Å². The Bertz CT molecular complexity index is 1290. The molecular weight excluding hydrogens is 534 g/mol. The van der Waals surface area contributed by atoms with E-state index in [9.17, 15) is 9.59 Å². The Morgan fingerprint density at radius 2 is 1.19 bits per heavy atom. The number of allylic oxidation sites excluding steroid dienone is 4. The largest absolute Gasteiger partial charge is 0.496 e. The SMILES string of the molecule is COc1cccc(OC)c1C=CC=CC(=O)N1CCN(C(=O)C=CC=Cc2c(OC)cccc2OC)C(CN(C)C)C1. The van der Waals surface area contributed by atoms with Crippen molar-refractivity contribution in [3.05, 3.63) is 84.0 Å². The maximum Gasteiger partial charge on any atom is 0.246 e. The highest BCUT2D eigenvalue weighted by Crippen LogP contribution is 2.30. The van der Waals surface area contributed by atoms with Gasteiger partial charge in [-0.2, -0.15) is 0 Å². The van der Waals surface area contributed by atoms with E-state index in [1.807, 2.05) is 72.4 Å². The molecule has 3 rings (SSSR count). The number of rotatable bonds is 12. The van der Waals surface area contributed by atoms with Gasteiger partial charge in [-0.1, -0.05) is 36.4 Å². The highest BCUT2D eigenvalue weighted by Gasteiger charge is 2.31. The lowest BCUT2D eigenvalue weighted by Crippen LogP contribution is -2.58. The van der Waals surface area contributed by atoms with Crippen LogP contribution < -0.4 is 18.9 Å². The fourth-order valence-electron chi connectivity index (χ4n) is 4.79. The summed E-state index contributed by atoms with van der Waals surface area (Å²) in [4.78, 5) is 31.8. The van der Waals surface area contributed by atoms with Gasteiger partial charge in [0, 0.05) is 38.3 Å². The summed E-state index contributed by atoms with van der Waals surface area (Å²) in [5.41, 5.74) is 1.59. The second-order valence-electron chi connectivity index (χ2n) is 9.82. The number of methoxy groups -OCH3 is 4. The Balaban J connectivity index is 1.65. The van der Waals surface area contributed by atoms with Gasteiger partial charge in [-0.15, -0.1) is 0 Å². The maximum atomic E-state index is 13.2. The Morgan fingerprint density at radius 1 is 0.738 bits per heavy atom. The smallest absolute Gasteiger partial charge is 0.246 e. The zero-order valence-corrected chi connectivity index (χ0v) is 25.3. The van der Waals surface area contributed by atoms with E-state index in [0.717, 1.165) is 11.1 Å². The Hall–Kier alpha value is -4.50. The van der Waals surface area contributed by atoms with Crippen LogP contribution in [0, 0.1) is 0 Å². The van der Waals surface area contributed by atoms with E-state index in [0.29, 0.717) is 49.2 Å². The molecule has 42 heavy (non-hydrogen) atoms. The summed E-state index contributed by atoms with van der Waals surface area (Å²) in [6.45, 7) is 1.97. The van der Waals surface area contributed by atoms with E-state index in [1.165, 1.54) is 0 Å². The summed E-state index contributed by atoms with van der Waals surface area (Å²) in [7, 11) is 10.3. The molecule has 1 aliphatic rings. The summed E-state index contributed by atoms with van der Waals surface area (Å²) in [6.07, 6.45) is 13.8. The fraction of sp³-hybridized carbons (Fsp3) is 0.333. The van der Waals surface area contributed by atoms with Crippen LogP contribution in [0.25, 0.3) is 12.2 Å².